The topological polar surface area (TPSA) is 47.0 Å². The molecule has 0 unspecified atom stereocenters. The van der Waals surface area contributed by atoms with Gasteiger partial charge in [0.15, 0.2) is 4.34 Å². The Labute approximate surface area is 133 Å². The number of rotatable bonds is 7. The molecule has 0 saturated carbocycles. The van der Waals surface area contributed by atoms with E-state index in [1.165, 1.54) is 29.2 Å². The fourth-order valence-corrected chi connectivity index (χ4v) is 3.47. The molecule has 0 atom stereocenters. The molecular weight excluding hydrogens is 365 g/mol. The SMILES string of the molecule is COCCNc1nnc(SCc2ccc(Br)cc2F)s1. The van der Waals surface area contributed by atoms with Crippen molar-refractivity contribution < 1.29 is 9.13 Å². The number of methoxy groups -OCH3 is 1. The van der Waals surface area contributed by atoms with Crippen molar-refractivity contribution in [1.82, 2.24) is 10.2 Å². The van der Waals surface area contributed by atoms with Crippen LogP contribution in [0.25, 0.3) is 0 Å². The normalized spacial score (nSPS) is 10.8. The Morgan fingerprint density at radius 2 is 2.30 bits per heavy atom. The van der Waals surface area contributed by atoms with E-state index in [0.717, 1.165) is 13.9 Å². The van der Waals surface area contributed by atoms with Crippen molar-refractivity contribution in [2.75, 3.05) is 25.6 Å². The highest BCUT2D eigenvalue weighted by Crippen LogP contribution is 2.29. The number of benzene rings is 1. The first kappa shape index (κ1) is 15.7. The van der Waals surface area contributed by atoms with Crippen molar-refractivity contribution in [2.45, 2.75) is 10.1 Å². The maximum absolute atomic E-state index is 13.7. The van der Waals surface area contributed by atoms with Crippen molar-refractivity contribution in [1.29, 1.82) is 0 Å². The second-order valence-corrected chi connectivity index (χ2v) is 6.93. The van der Waals surface area contributed by atoms with Crippen LogP contribution in [0, 0.1) is 5.82 Å². The Balaban J connectivity index is 1.87. The van der Waals surface area contributed by atoms with Gasteiger partial charge < -0.3 is 10.1 Å². The highest BCUT2D eigenvalue weighted by molar-refractivity contribution is 9.10. The number of ether oxygens (including phenoxy) is 1. The number of halogens is 2. The number of anilines is 1. The predicted molar refractivity (Wildman–Crippen MR) is 83.9 cm³/mol. The van der Waals surface area contributed by atoms with E-state index in [0.29, 0.717) is 24.5 Å². The number of nitrogens with one attached hydrogen (secondary N) is 1. The zero-order chi connectivity index (χ0) is 14.4. The summed E-state index contributed by atoms with van der Waals surface area (Å²) >= 11 is 6.17. The third-order valence-corrected chi connectivity index (χ3v) is 4.91. The van der Waals surface area contributed by atoms with Gasteiger partial charge in [0, 0.05) is 23.9 Å². The lowest BCUT2D eigenvalue weighted by Crippen LogP contribution is -2.06. The van der Waals surface area contributed by atoms with Gasteiger partial charge in [-0.25, -0.2) is 4.39 Å². The molecule has 0 fully saturated rings. The van der Waals surface area contributed by atoms with Crippen LogP contribution in [-0.4, -0.2) is 30.5 Å². The molecule has 0 spiro atoms. The highest BCUT2D eigenvalue weighted by Gasteiger charge is 2.07. The number of hydrogen-bond donors (Lipinski definition) is 1. The molecule has 20 heavy (non-hydrogen) atoms. The average molecular weight is 378 g/mol. The number of nitrogens with zero attached hydrogens (tertiary/aromatic N) is 2. The minimum Gasteiger partial charge on any atom is -0.383 e. The number of hydrogen-bond acceptors (Lipinski definition) is 6. The molecule has 0 bridgehead atoms. The van der Waals surface area contributed by atoms with E-state index in [2.05, 4.69) is 31.4 Å². The fraction of sp³-hybridized carbons (Fsp3) is 0.333. The summed E-state index contributed by atoms with van der Waals surface area (Å²) in [5, 5.41) is 11.9. The van der Waals surface area contributed by atoms with Crippen molar-refractivity contribution in [3.8, 4) is 0 Å². The summed E-state index contributed by atoms with van der Waals surface area (Å²) in [7, 11) is 1.65. The van der Waals surface area contributed by atoms with Crippen LogP contribution in [0.3, 0.4) is 0 Å². The number of aromatic nitrogens is 2. The summed E-state index contributed by atoms with van der Waals surface area (Å²) < 4.78 is 20.2. The molecule has 2 rings (SSSR count). The third kappa shape index (κ3) is 4.69. The first-order valence-electron chi connectivity index (χ1n) is 5.82. The van der Waals surface area contributed by atoms with Crippen LogP contribution in [0.15, 0.2) is 27.0 Å². The van der Waals surface area contributed by atoms with Crippen LogP contribution in [-0.2, 0) is 10.5 Å². The molecule has 1 aromatic carbocycles. The molecule has 1 N–H and O–H groups in total. The molecule has 1 aromatic heterocycles. The van der Waals surface area contributed by atoms with Gasteiger partial charge in [0.25, 0.3) is 0 Å². The molecule has 0 aliphatic heterocycles. The van der Waals surface area contributed by atoms with Gasteiger partial charge in [-0.1, -0.05) is 45.1 Å². The Morgan fingerprint density at radius 3 is 3.05 bits per heavy atom. The van der Waals surface area contributed by atoms with Crippen molar-refractivity contribution in [2.24, 2.45) is 0 Å². The molecule has 0 saturated heterocycles. The molecule has 108 valence electrons. The van der Waals surface area contributed by atoms with Crippen molar-refractivity contribution >= 4 is 44.2 Å². The summed E-state index contributed by atoms with van der Waals surface area (Å²) in [5.41, 5.74) is 0.655. The highest BCUT2D eigenvalue weighted by atomic mass is 79.9. The third-order valence-electron chi connectivity index (χ3n) is 2.36. The van der Waals surface area contributed by atoms with E-state index in [9.17, 15) is 4.39 Å². The second-order valence-electron chi connectivity index (χ2n) is 3.82. The van der Waals surface area contributed by atoms with Gasteiger partial charge in [-0.05, 0) is 17.7 Å². The summed E-state index contributed by atoms with van der Waals surface area (Å²) in [6.45, 7) is 1.31. The standard InChI is InChI=1S/C12H13BrFN3OS2/c1-18-5-4-15-11-16-17-12(20-11)19-7-8-2-3-9(13)6-10(8)14/h2-3,6H,4-5,7H2,1H3,(H,15,16). The Kier molecular flexibility index (Phi) is 6.21. The molecular formula is C12H13BrFN3OS2. The van der Waals surface area contributed by atoms with Gasteiger partial charge in [-0.3, -0.25) is 0 Å². The van der Waals surface area contributed by atoms with Gasteiger partial charge in [-0.15, -0.1) is 10.2 Å². The first-order valence-corrected chi connectivity index (χ1v) is 8.41. The lowest BCUT2D eigenvalue weighted by atomic mass is 10.2. The van der Waals surface area contributed by atoms with Gasteiger partial charge in [0.2, 0.25) is 5.13 Å². The molecule has 8 heteroatoms. The van der Waals surface area contributed by atoms with Crippen molar-refractivity contribution in [3.63, 3.8) is 0 Å². The van der Waals surface area contributed by atoms with Crippen LogP contribution in [0.4, 0.5) is 9.52 Å². The van der Waals surface area contributed by atoms with E-state index in [4.69, 9.17) is 4.74 Å². The van der Waals surface area contributed by atoms with E-state index < -0.39 is 0 Å². The maximum Gasteiger partial charge on any atom is 0.206 e. The fourth-order valence-electron chi connectivity index (χ4n) is 1.38. The van der Waals surface area contributed by atoms with E-state index >= 15 is 0 Å². The quantitative estimate of drug-likeness (QED) is 0.587. The minimum absolute atomic E-state index is 0.213. The van der Waals surface area contributed by atoms with Gasteiger partial charge in [0.05, 0.1) is 6.61 Å². The minimum atomic E-state index is -0.213. The largest absolute Gasteiger partial charge is 0.383 e. The molecule has 0 radical (unpaired) electrons. The van der Waals surface area contributed by atoms with Gasteiger partial charge >= 0.3 is 0 Å². The zero-order valence-corrected chi connectivity index (χ0v) is 13.9. The molecule has 4 nitrogen and oxygen atoms in total. The van der Waals surface area contributed by atoms with Gasteiger partial charge in [-0.2, -0.15) is 0 Å². The zero-order valence-electron chi connectivity index (χ0n) is 10.7. The second kappa shape index (κ2) is 7.92. The summed E-state index contributed by atoms with van der Waals surface area (Å²) in [6, 6.07) is 5.07. The molecule has 2 aromatic rings. The first-order chi connectivity index (χ1) is 9.69. The van der Waals surface area contributed by atoms with Gasteiger partial charge in [0.1, 0.15) is 5.82 Å². The van der Waals surface area contributed by atoms with Crippen LogP contribution in [0.2, 0.25) is 0 Å². The predicted octanol–water partition coefficient (Wildman–Crippen LogP) is 3.79. The Hall–Kier alpha value is -0.700. The molecule has 0 aliphatic rings. The van der Waals surface area contributed by atoms with E-state index in [1.807, 2.05) is 6.07 Å². The van der Waals surface area contributed by atoms with Crippen molar-refractivity contribution in [3.05, 3.63) is 34.1 Å². The maximum atomic E-state index is 13.7. The smallest absolute Gasteiger partial charge is 0.206 e. The summed E-state index contributed by atoms with van der Waals surface area (Å²) in [5.74, 6) is 0.320. The number of thioether (sulfide) groups is 1. The lowest BCUT2D eigenvalue weighted by molar-refractivity contribution is 0.211. The van der Waals surface area contributed by atoms with Crippen LogP contribution in [0.5, 0.6) is 0 Å². The van der Waals surface area contributed by atoms with Crippen LogP contribution in [0.1, 0.15) is 5.56 Å². The summed E-state index contributed by atoms with van der Waals surface area (Å²) in [4.78, 5) is 0. The Morgan fingerprint density at radius 1 is 1.45 bits per heavy atom. The Bertz CT molecular complexity index is 567. The average Bonchev–Trinajstić information content (AvgIpc) is 2.86. The molecule has 0 aliphatic carbocycles. The van der Waals surface area contributed by atoms with E-state index in [-0.39, 0.29) is 5.82 Å². The van der Waals surface area contributed by atoms with Crippen LogP contribution < -0.4 is 5.32 Å². The van der Waals surface area contributed by atoms with Crippen LogP contribution >= 0.6 is 39.0 Å². The van der Waals surface area contributed by atoms with E-state index in [1.54, 1.807) is 13.2 Å². The lowest BCUT2D eigenvalue weighted by Gasteiger charge is -2.01. The monoisotopic (exact) mass is 377 g/mol. The molecule has 0 amide bonds. The summed E-state index contributed by atoms with van der Waals surface area (Å²) in [6.07, 6.45) is 0. The molecule has 1 heterocycles.